The maximum Gasteiger partial charge on any atom is 0.338 e. The summed E-state index contributed by atoms with van der Waals surface area (Å²) in [4.78, 5) is 40.1. The quantitative estimate of drug-likeness (QED) is 0.629. The molecule has 1 aromatic carbocycles. The number of esters is 1. The number of rotatable bonds is 7. The Labute approximate surface area is 186 Å². The molecular formula is C23H27N3O4S. The van der Waals surface area contributed by atoms with Gasteiger partial charge in [0.05, 0.1) is 24.1 Å². The van der Waals surface area contributed by atoms with Crippen LogP contribution in [-0.4, -0.2) is 35.5 Å². The number of thiophene rings is 1. The third-order valence-electron chi connectivity index (χ3n) is 4.92. The molecule has 2 heterocycles. The van der Waals surface area contributed by atoms with Crippen LogP contribution in [0, 0.1) is 0 Å². The number of allylic oxidation sites excluding steroid dienone is 1. The van der Waals surface area contributed by atoms with Gasteiger partial charge in [0.1, 0.15) is 0 Å². The van der Waals surface area contributed by atoms with Crippen LogP contribution in [0.1, 0.15) is 44.2 Å². The van der Waals surface area contributed by atoms with Crippen molar-refractivity contribution in [2.24, 2.45) is 0 Å². The summed E-state index contributed by atoms with van der Waals surface area (Å²) in [6.45, 7) is 7.62. The molecule has 1 atom stereocenters. The largest absolute Gasteiger partial charge is 0.459 e. The van der Waals surface area contributed by atoms with Gasteiger partial charge in [0.25, 0.3) is 0 Å². The van der Waals surface area contributed by atoms with Gasteiger partial charge in [0.15, 0.2) is 0 Å². The normalized spacial score (nSPS) is 16.4. The number of urea groups is 1. The molecular weight excluding hydrogens is 414 g/mol. The molecule has 2 aromatic rings. The van der Waals surface area contributed by atoms with Crippen molar-refractivity contribution in [1.82, 2.24) is 10.2 Å². The first kappa shape index (κ1) is 22.6. The average molecular weight is 442 g/mol. The summed E-state index contributed by atoms with van der Waals surface area (Å²) in [5.41, 5.74) is 2.37. The van der Waals surface area contributed by atoms with Crippen LogP contribution < -0.4 is 10.6 Å². The van der Waals surface area contributed by atoms with Crippen LogP contribution in [0.3, 0.4) is 0 Å². The van der Waals surface area contributed by atoms with Gasteiger partial charge >= 0.3 is 12.0 Å². The van der Waals surface area contributed by atoms with Crippen molar-refractivity contribution in [1.29, 1.82) is 0 Å². The SMILES string of the molecule is CCN1C(=O)NC(c2ccc(NC(=O)Cc3cccs3)cc2)C(C(=O)OC(C)C)=C1C. The number of anilines is 1. The summed E-state index contributed by atoms with van der Waals surface area (Å²) in [7, 11) is 0. The second-order valence-corrected chi connectivity index (χ2v) is 8.54. The lowest BCUT2D eigenvalue weighted by molar-refractivity contribution is -0.143. The van der Waals surface area contributed by atoms with Gasteiger partial charge in [-0.25, -0.2) is 9.59 Å². The van der Waals surface area contributed by atoms with Crippen molar-refractivity contribution in [3.8, 4) is 0 Å². The topological polar surface area (TPSA) is 87.7 Å². The minimum Gasteiger partial charge on any atom is -0.459 e. The van der Waals surface area contributed by atoms with Crippen LogP contribution in [-0.2, 0) is 20.7 Å². The van der Waals surface area contributed by atoms with Crippen LogP contribution in [0.5, 0.6) is 0 Å². The summed E-state index contributed by atoms with van der Waals surface area (Å²) in [6.07, 6.45) is 0.0417. The molecule has 1 aromatic heterocycles. The lowest BCUT2D eigenvalue weighted by Crippen LogP contribution is -2.48. The zero-order valence-corrected chi connectivity index (χ0v) is 18.9. The fraction of sp³-hybridized carbons (Fsp3) is 0.348. The number of benzene rings is 1. The summed E-state index contributed by atoms with van der Waals surface area (Å²) >= 11 is 1.54. The summed E-state index contributed by atoms with van der Waals surface area (Å²) < 4.78 is 5.44. The highest BCUT2D eigenvalue weighted by molar-refractivity contribution is 7.10. The first-order chi connectivity index (χ1) is 14.8. The van der Waals surface area contributed by atoms with E-state index in [0.717, 1.165) is 10.4 Å². The molecule has 0 aliphatic carbocycles. The molecule has 8 heteroatoms. The summed E-state index contributed by atoms with van der Waals surface area (Å²) in [5, 5.41) is 7.71. The number of carbonyl (C=O) groups excluding carboxylic acids is 3. The van der Waals surface area contributed by atoms with E-state index in [1.165, 1.54) is 16.2 Å². The van der Waals surface area contributed by atoms with E-state index in [0.29, 0.717) is 29.9 Å². The molecule has 164 valence electrons. The van der Waals surface area contributed by atoms with Gasteiger partial charge in [0, 0.05) is 22.8 Å². The highest BCUT2D eigenvalue weighted by atomic mass is 32.1. The average Bonchev–Trinajstić information content (AvgIpc) is 3.20. The minimum atomic E-state index is -0.627. The lowest BCUT2D eigenvalue weighted by atomic mass is 9.94. The zero-order chi connectivity index (χ0) is 22.5. The van der Waals surface area contributed by atoms with E-state index in [9.17, 15) is 14.4 Å². The number of ether oxygens (including phenoxy) is 1. The predicted octanol–water partition coefficient (Wildman–Crippen LogP) is 4.24. The van der Waals surface area contributed by atoms with Crippen LogP contribution in [0.2, 0.25) is 0 Å². The molecule has 0 spiro atoms. The van der Waals surface area contributed by atoms with Crippen LogP contribution in [0.25, 0.3) is 0 Å². The number of amides is 3. The van der Waals surface area contributed by atoms with Gasteiger partial charge in [-0.3, -0.25) is 9.69 Å². The van der Waals surface area contributed by atoms with E-state index in [-0.39, 0.29) is 18.0 Å². The fourth-order valence-electron chi connectivity index (χ4n) is 3.49. The van der Waals surface area contributed by atoms with E-state index in [1.54, 1.807) is 45.0 Å². The van der Waals surface area contributed by atoms with Crippen LogP contribution >= 0.6 is 11.3 Å². The molecule has 0 saturated heterocycles. The summed E-state index contributed by atoms with van der Waals surface area (Å²) in [6, 6.07) is 10.1. The van der Waals surface area contributed by atoms with Gasteiger partial charge in [-0.1, -0.05) is 18.2 Å². The highest BCUT2D eigenvalue weighted by Crippen LogP contribution is 2.32. The summed E-state index contributed by atoms with van der Waals surface area (Å²) in [5.74, 6) is -0.555. The minimum absolute atomic E-state index is 0.100. The Bertz CT molecular complexity index is 981. The van der Waals surface area contributed by atoms with E-state index < -0.39 is 12.0 Å². The van der Waals surface area contributed by atoms with Crippen molar-refractivity contribution < 1.29 is 19.1 Å². The highest BCUT2D eigenvalue weighted by Gasteiger charge is 2.36. The van der Waals surface area contributed by atoms with Gasteiger partial charge < -0.3 is 15.4 Å². The predicted molar refractivity (Wildman–Crippen MR) is 121 cm³/mol. The van der Waals surface area contributed by atoms with Crippen molar-refractivity contribution in [3.63, 3.8) is 0 Å². The second-order valence-electron chi connectivity index (χ2n) is 7.51. The van der Waals surface area contributed by atoms with Crippen molar-refractivity contribution >= 4 is 34.9 Å². The van der Waals surface area contributed by atoms with E-state index in [2.05, 4.69) is 10.6 Å². The molecule has 2 N–H and O–H groups in total. The molecule has 1 unspecified atom stereocenters. The van der Waals surface area contributed by atoms with Crippen LogP contribution in [0.4, 0.5) is 10.5 Å². The third kappa shape index (κ3) is 5.32. The van der Waals surface area contributed by atoms with Crippen molar-refractivity contribution in [2.45, 2.75) is 46.3 Å². The molecule has 0 fully saturated rings. The Morgan fingerprint density at radius 3 is 2.52 bits per heavy atom. The molecule has 0 radical (unpaired) electrons. The van der Waals surface area contributed by atoms with Gasteiger partial charge in [0.2, 0.25) is 5.91 Å². The molecule has 3 rings (SSSR count). The monoisotopic (exact) mass is 441 g/mol. The molecule has 7 nitrogen and oxygen atoms in total. The van der Waals surface area contributed by atoms with Gasteiger partial charge in [-0.05, 0) is 56.8 Å². The fourth-order valence-corrected chi connectivity index (χ4v) is 4.19. The van der Waals surface area contributed by atoms with E-state index in [1.807, 2.05) is 24.4 Å². The Morgan fingerprint density at radius 1 is 1.23 bits per heavy atom. The molecule has 1 aliphatic rings. The third-order valence-corrected chi connectivity index (χ3v) is 5.79. The maximum absolute atomic E-state index is 12.8. The number of nitrogens with one attached hydrogen (secondary N) is 2. The maximum atomic E-state index is 12.8. The van der Waals surface area contributed by atoms with Crippen molar-refractivity contribution in [2.75, 3.05) is 11.9 Å². The number of hydrogen-bond acceptors (Lipinski definition) is 5. The molecule has 1 aliphatic heterocycles. The van der Waals surface area contributed by atoms with E-state index in [4.69, 9.17) is 4.74 Å². The Hall–Kier alpha value is -3.13. The molecule has 3 amide bonds. The second kappa shape index (κ2) is 9.78. The molecule has 31 heavy (non-hydrogen) atoms. The Kier molecular flexibility index (Phi) is 7.12. The molecule has 0 saturated carbocycles. The van der Waals surface area contributed by atoms with E-state index >= 15 is 0 Å². The number of carbonyl (C=O) groups is 3. The molecule has 0 bridgehead atoms. The van der Waals surface area contributed by atoms with Crippen molar-refractivity contribution in [3.05, 3.63) is 63.5 Å². The van der Waals surface area contributed by atoms with Crippen LogP contribution in [0.15, 0.2) is 53.0 Å². The Balaban J connectivity index is 1.82. The number of hydrogen-bond donors (Lipinski definition) is 2. The first-order valence-electron chi connectivity index (χ1n) is 10.2. The first-order valence-corrected chi connectivity index (χ1v) is 11.1. The zero-order valence-electron chi connectivity index (χ0n) is 18.1. The standard InChI is InChI=1S/C23H27N3O4S/c1-5-26-15(4)20(22(28)30-14(2)3)21(25-23(26)29)16-8-10-17(11-9-16)24-19(27)13-18-7-6-12-31-18/h6-12,14,21H,5,13H2,1-4H3,(H,24,27)(H,25,29). The Morgan fingerprint density at radius 2 is 1.94 bits per heavy atom. The lowest BCUT2D eigenvalue weighted by Gasteiger charge is -2.35. The van der Waals surface area contributed by atoms with Gasteiger partial charge in [-0.2, -0.15) is 0 Å². The van der Waals surface area contributed by atoms with Gasteiger partial charge in [-0.15, -0.1) is 11.3 Å². The number of nitrogens with zero attached hydrogens (tertiary/aromatic N) is 1. The smallest absolute Gasteiger partial charge is 0.338 e.